The van der Waals surface area contributed by atoms with Crippen molar-refractivity contribution >= 4 is 0 Å². The van der Waals surface area contributed by atoms with Crippen molar-refractivity contribution in [2.75, 3.05) is 7.11 Å². The van der Waals surface area contributed by atoms with Gasteiger partial charge in [0.05, 0.1) is 14.2 Å². The van der Waals surface area contributed by atoms with E-state index >= 15 is 0 Å². The molecule has 1 radical (unpaired) electrons. The smallest absolute Gasteiger partial charge is 0.212 e. The molecule has 71 valence electrons. The Bertz CT molecular complexity index is 422. The first-order valence-electron chi connectivity index (χ1n) is 3.91. The maximum Gasteiger partial charge on any atom is 0.212 e. The van der Waals surface area contributed by atoms with E-state index in [0.717, 1.165) is 10.4 Å². The number of tetrazole rings is 1. The van der Waals surface area contributed by atoms with Crippen LogP contribution in [0.5, 0.6) is 5.88 Å². The average molecular weight is 190 g/mol. The zero-order valence-electron chi connectivity index (χ0n) is 7.58. The van der Waals surface area contributed by atoms with Crippen molar-refractivity contribution in [3.8, 4) is 17.3 Å². The molecule has 2 rings (SSSR count). The van der Waals surface area contributed by atoms with Crippen LogP contribution in [0.25, 0.3) is 11.4 Å². The Morgan fingerprint density at radius 3 is 2.79 bits per heavy atom. The second kappa shape index (κ2) is 3.41. The molecule has 6 nitrogen and oxygen atoms in total. The number of pyridine rings is 1. The fraction of sp³-hybridized carbons (Fsp3) is 0.125. The fourth-order valence-electron chi connectivity index (χ4n) is 0.992. The molecule has 0 aromatic carbocycles. The molecule has 0 N–H and O–H groups in total. The summed E-state index contributed by atoms with van der Waals surface area (Å²) in [4.78, 5) is 5.18. The molecule has 6 heteroatoms. The fourth-order valence-corrected chi connectivity index (χ4v) is 0.992. The van der Waals surface area contributed by atoms with Gasteiger partial charge in [-0.2, -0.15) is 4.80 Å². The van der Waals surface area contributed by atoms with Crippen molar-refractivity contribution < 1.29 is 4.74 Å². The lowest BCUT2D eigenvalue weighted by Crippen LogP contribution is -1.90. The SMILES string of the molecule is [CH2]n1nnc(-c2ccc(OC)nc2)n1. The molecule has 0 aliphatic rings. The predicted octanol–water partition coefficient (Wildman–Crippen LogP) is 0.383. The topological polar surface area (TPSA) is 65.7 Å². The number of aromatic nitrogens is 5. The van der Waals surface area contributed by atoms with Gasteiger partial charge in [-0.05, 0) is 11.3 Å². The van der Waals surface area contributed by atoms with Gasteiger partial charge < -0.3 is 4.74 Å². The standard InChI is InChI=1S/C8H8N5O/c1-13-11-8(10-12-13)6-3-4-7(14-2)9-5-6/h3-5H,1H2,2H3. The minimum Gasteiger partial charge on any atom is -0.481 e. The number of ether oxygens (including phenoxy) is 1. The third-order valence-electron chi connectivity index (χ3n) is 1.66. The van der Waals surface area contributed by atoms with Crippen molar-refractivity contribution in [3.05, 3.63) is 25.4 Å². The van der Waals surface area contributed by atoms with E-state index in [1.165, 1.54) is 0 Å². The Kier molecular flexibility index (Phi) is 2.10. The Morgan fingerprint density at radius 1 is 1.43 bits per heavy atom. The van der Waals surface area contributed by atoms with E-state index in [9.17, 15) is 0 Å². The zero-order chi connectivity index (χ0) is 9.97. The second-order valence-corrected chi connectivity index (χ2v) is 2.57. The van der Waals surface area contributed by atoms with Crippen LogP contribution in [0, 0.1) is 7.05 Å². The first-order valence-corrected chi connectivity index (χ1v) is 3.91. The quantitative estimate of drug-likeness (QED) is 0.685. The third-order valence-corrected chi connectivity index (χ3v) is 1.66. The summed E-state index contributed by atoms with van der Waals surface area (Å²) < 4.78 is 4.93. The summed E-state index contributed by atoms with van der Waals surface area (Å²) >= 11 is 0. The largest absolute Gasteiger partial charge is 0.481 e. The lowest BCUT2D eigenvalue weighted by molar-refractivity contribution is 0.398. The number of hydrogen-bond acceptors (Lipinski definition) is 5. The van der Waals surface area contributed by atoms with E-state index in [0.29, 0.717) is 11.7 Å². The highest BCUT2D eigenvalue weighted by atomic mass is 16.5. The molecule has 2 aromatic rings. The van der Waals surface area contributed by atoms with Crippen molar-refractivity contribution in [1.29, 1.82) is 0 Å². The lowest BCUT2D eigenvalue weighted by atomic mass is 10.3. The van der Waals surface area contributed by atoms with Crippen LogP contribution in [0.4, 0.5) is 0 Å². The molecule has 2 aromatic heterocycles. The van der Waals surface area contributed by atoms with E-state index in [1.54, 1.807) is 19.4 Å². The Labute approximate surface area is 80.5 Å². The summed E-state index contributed by atoms with van der Waals surface area (Å²) in [5, 5.41) is 11.4. The van der Waals surface area contributed by atoms with Crippen LogP contribution in [0.2, 0.25) is 0 Å². The van der Waals surface area contributed by atoms with E-state index in [1.807, 2.05) is 6.07 Å². The number of hydrogen-bond donors (Lipinski definition) is 0. The molecule has 0 aliphatic carbocycles. The highest BCUT2D eigenvalue weighted by molar-refractivity contribution is 5.52. The molecule has 0 fully saturated rings. The van der Waals surface area contributed by atoms with Crippen LogP contribution >= 0.6 is 0 Å². The van der Waals surface area contributed by atoms with Crippen LogP contribution in [0.15, 0.2) is 18.3 Å². The summed E-state index contributed by atoms with van der Waals surface area (Å²) in [7, 11) is 5.05. The molecule has 0 unspecified atom stereocenters. The van der Waals surface area contributed by atoms with Crippen LogP contribution in [0.1, 0.15) is 0 Å². The van der Waals surface area contributed by atoms with Crippen molar-refractivity contribution in [2.45, 2.75) is 0 Å². The minimum absolute atomic E-state index is 0.496. The Hall–Kier alpha value is -1.98. The van der Waals surface area contributed by atoms with Gasteiger partial charge in [0.15, 0.2) is 0 Å². The minimum atomic E-state index is 0.496. The summed E-state index contributed by atoms with van der Waals surface area (Å²) in [5.74, 6) is 1.05. The molecule has 2 heterocycles. The molecule has 0 atom stereocenters. The summed E-state index contributed by atoms with van der Waals surface area (Å²) in [6.07, 6.45) is 1.62. The van der Waals surface area contributed by atoms with Crippen molar-refractivity contribution in [3.63, 3.8) is 0 Å². The molecule has 0 bridgehead atoms. The number of rotatable bonds is 2. The normalized spacial score (nSPS) is 10.1. The van der Waals surface area contributed by atoms with Gasteiger partial charge in [-0.15, -0.1) is 10.2 Å². The van der Waals surface area contributed by atoms with Crippen molar-refractivity contribution in [2.24, 2.45) is 0 Å². The maximum atomic E-state index is 4.93. The van der Waals surface area contributed by atoms with Gasteiger partial charge >= 0.3 is 0 Å². The second-order valence-electron chi connectivity index (χ2n) is 2.57. The Balaban J connectivity index is 2.33. The van der Waals surface area contributed by atoms with Gasteiger partial charge in [-0.25, -0.2) is 4.98 Å². The van der Waals surface area contributed by atoms with Gasteiger partial charge in [0.2, 0.25) is 11.7 Å². The highest BCUT2D eigenvalue weighted by Crippen LogP contribution is 2.14. The van der Waals surface area contributed by atoms with E-state index in [-0.39, 0.29) is 0 Å². The summed E-state index contributed by atoms with van der Waals surface area (Å²) in [6.45, 7) is 0. The highest BCUT2D eigenvalue weighted by Gasteiger charge is 2.04. The van der Waals surface area contributed by atoms with E-state index < -0.39 is 0 Å². The lowest BCUT2D eigenvalue weighted by Gasteiger charge is -1.97. The van der Waals surface area contributed by atoms with Gasteiger partial charge in [-0.3, -0.25) is 0 Å². The van der Waals surface area contributed by atoms with Gasteiger partial charge in [0.25, 0.3) is 0 Å². The van der Waals surface area contributed by atoms with Crippen LogP contribution in [-0.2, 0) is 0 Å². The van der Waals surface area contributed by atoms with E-state index in [4.69, 9.17) is 4.74 Å². The molecule has 14 heavy (non-hydrogen) atoms. The maximum absolute atomic E-state index is 4.93. The molecular formula is C8H8N5O. The van der Waals surface area contributed by atoms with Gasteiger partial charge in [0, 0.05) is 17.8 Å². The van der Waals surface area contributed by atoms with Crippen LogP contribution in [-0.4, -0.2) is 32.3 Å². The molecule has 0 spiro atoms. The number of methoxy groups -OCH3 is 1. The first-order chi connectivity index (χ1) is 6.79. The summed E-state index contributed by atoms with van der Waals surface area (Å²) in [5.41, 5.74) is 0.778. The van der Waals surface area contributed by atoms with Gasteiger partial charge in [0.1, 0.15) is 0 Å². The molecule has 0 amide bonds. The molecule has 0 aliphatic heterocycles. The predicted molar refractivity (Wildman–Crippen MR) is 48.4 cm³/mol. The van der Waals surface area contributed by atoms with Crippen LogP contribution < -0.4 is 4.74 Å². The average Bonchev–Trinajstić information content (AvgIpc) is 2.65. The van der Waals surface area contributed by atoms with Gasteiger partial charge in [-0.1, -0.05) is 0 Å². The third kappa shape index (κ3) is 1.54. The molecule has 0 saturated heterocycles. The number of nitrogens with zero attached hydrogens (tertiary/aromatic N) is 5. The first kappa shape index (κ1) is 8.61. The van der Waals surface area contributed by atoms with Crippen LogP contribution in [0.3, 0.4) is 0 Å². The van der Waals surface area contributed by atoms with Crippen molar-refractivity contribution in [1.82, 2.24) is 25.2 Å². The molecular weight excluding hydrogens is 182 g/mol. The monoisotopic (exact) mass is 190 g/mol. The zero-order valence-corrected chi connectivity index (χ0v) is 7.58. The Morgan fingerprint density at radius 2 is 2.29 bits per heavy atom. The molecule has 0 saturated carbocycles. The summed E-state index contributed by atoms with van der Waals surface area (Å²) in [6, 6.07) is 3.54. The van der Waals surface area contributed by atoms with E-state index in [2.05, 4.69) is 27.4 Å².